The third-order valence-corrected chi connectivity index (χ3v) is 6.76. The summed E-state index contributed by atoms with van der Waals surface area (Å²) in [4.78, 5) is 43.9. The number of halogens is 2. The quantitative estimate of drug-likeness (QED) is 0.132. The summed E-state index contributed by atoms with van der Waals surface area (Å²) in [5, 5.41) is 13.9. The standard InChI is InChI=1S/C33H36F2N4O5/c1-33(2,3)44-30(40)8-6-5-7-29-36-27-19-22(11-18-26(27)32(42)39(29)25-16-14-24(35)15-17-25)31(41)37-28(20-38(4)43)21-9-12-23(34)13-10-21/h9-19,28,43H,5-8,20H2,1-4H3,(H,37,41)/t28-/m0/s1. The molecule has 0 unspecified atom stereocenters. The predicted molar refractivity (Wildman–Crippen MR) is 162 cm³/mol. The number of hydroxylamine groups is 2. The number of nitrogens with zero attached hydrogens (tertiary/aromatic N) is 3. The molecule has 11 heteroatoms. The van der Waals surface area contributed by atoms with Gasteiger partial charge in [0.05, 0.1) is 22.6 Å². The summed E-state index contributed by atoms with van der Waals surface area (Å²) in [5.41, 5.74) is 0.576. The number of carbonyl (C=O) groups is 2. The Hall–Kier alpha value is -4.48. The van der Waals surface area contributed by atoms with E-state index in [1.54, 1.807) is 20.8 Å². The second kappa shape index (κ2) is 13.9. The summed E-state index contributed by atoms with van der Waals surface area (Å²) >= 11 is 0. The van der Waals surface area contributed by atoms with Crippen molar-refractivity contribution in [3.8, 4) is 5.69 Å². The Morgan fingerprint density at radius 3 is 2.25 bits per heavy atom. The van der Waals surface area contributed by atoms with Crippen molar-refractivity contribution in [1.29, 1.82) is 0 Å². The number of carbonyl (C=O) groups excluding carboxylic acids is 2. The number of likely N-dealkylation sites (N-methyl/N-ethyl adjacent to an activating group) is 1. The van der Waals surface area contributed by atoms with Crippen molar-refractivity contribution in [2.75, 3.05) is 13.6 Å². The third kappa shape index (κ3) is 8.55. The van der Waals surface area contributed by atoms with Crippen LogP contribution < -0.4 is 10.9 Å². The van der Waals surface area contributed by atoms with Crippen molar-refractivity contribution < 1.29 is 28.3 Å². The Bertz CT molecular complexity index is 1680. The van der Waals surface area contributed by atoms with E-state index in [-0.39, 0.29) is 35.4 Å². The Morgan fingerprint density at radius 1 is 1.00 bits per heavy atom. The van der Waals surface area contributed by atoms with Crippen molar-refractivity contribution in [3.63, 3.8) is 0 Å². The molecule has 0 spiro atoms. The van der Waals surface area contributed by atoms with Crippen LogP contribution in [0.1, 0.15) is 67.8 Å². The number of rotatable bonds is 11. The van der Waals surface area contributed by atoms with Crippen molar-refractivity contribution in [2.45, 2.75) is 58.1 Å². The molecule has 232 valence electrons. The van der Waals surface area contributed by atoms with Crippen molar-refractivity contribution >= 4 is 22.8 Å². The molecule has 1 aromatic heterocycles. The molecule has 2 N–H and O–H groups in total. The minimum absolute atomic E-state index is 0.0407. The van der Waals surface area contributed by atoms with Gasteiger partial charge in [0.15, 0.2) is 0 Å². The Balaban J connectivity index is 1.64. The van der Waals surface area contributed by atoms with E-state index in [1.165, 1.54) is 78.3 Å². The van der Waals surface area contributed by atoms with Gasteiger partial charge in [-0.3, -0.25) is 19.0 Å². The average molecular weight is 607 g/mol. The summed E-state index contributed by atoms with van der Waals surface area (Å²) in [5.74, 6) is -1.28. The zero-order chi connectivity index (χ0) is 32.0. The molecule has 1 heterocycles. The summed E-state index contributed by atoms with van der Waals surface area (Å²) < 4.78 is 34.0. The third-order valence-electron chi connectivity index (χ3n) is 6.76. The fourth-order valence-electron chi connectivity index (χ4n) is 4.78. The monoisotopic (exact) mass is 606 g/mol. The van der Waals surface area contributed by atoms with Gasteiger partial charge in [-0.25, -0.2) is 13.8 Å². The molecule has 0 aliphatic heterocycles. The number of ether oxygens (including phenoxy) is 1. The second-order valence-electron chi connectivity index (χ2n) is 11.6. The maximum atomic E-state index is 13.7. The van der Waals surface area contributed by atoms with Gasteiger partial charge in [-0.05, 0) is 93.8 Å². The lowest BCUT2D eigenvalue weighted by molar-refractivity contribution is -0.154. The molecule has 1 amide bonds. The molecule has 0 fully saturated rings. The molecule has 4 rings (SSSR count). The fraction of sp³-hybridized carbons (Fsp3) is 0.333. The number of aromatic nitrogens is 2. The highest BCUT2D eigenvalue weighted by molar-refractivity contribution is 5.98. The fourth-order valence-corrected chi connectivity index (χ4v) is 4.78. The Kier molecular flexibility index (Phi) is 10.2. The van der Waals surface area contributed by atoms with Crippen molar-refractivity contribution in [3.05, 3.63) is 106 Å². The molecule has 0 bridgehead atoms. The number of benzene rings is 3. The zero-order valence-corrected chi connectivity index (χ0v) is 25.1. The van der Waals surface area contributed by atoms with Crippen LogP contribution in [0.4, 0.5) is 8.78 Å². The van der Waals surface area contributed by atoms with Gasteiger partial charge in [0.25, 0.3) is 11.5 Å². The average Bonchev–Trinajstić information content (AvgIpc) is 2.95. The highest BCUT2D eigenvalue weighted by atomic mass is 19.1. The number of hydrogen-bond donors (Lipinski definition) is 2. The van der Waals surface area contributed by atoms with Gasteiger partial charge in [-0.1, -0.05) is 12.1 Å². The maximum absolute atomic E-state index is 13.7. The first-order valence-electron chi connectivity index (χ1n) is 14.3. The normalized spacial score (nSPS) is 12.4. The van der Waals surface area contributed by atoms with Crippen LogP contribution in [-0.4, -0.2) is 50.9 Å². The molecule has 0 aliphatic carbocycles. The van der Waals surface area contributed by atoms with E-state index < -0.39 is 29.2 Å². The molecule has 0 saturated heterocycles. The number of esters is 1. The van der Waals surface area contributed by atoms with Gasteiger partial charge in [0, 0.05) is 32.0 Å². The van der Waals surface area contributed by atoms with Crippen LogP contribution in [0, 0.1) is 11.6 Å². The molecular weight excluding hydrogens is 570 g/mol. The number of unbranched alkanes of at least 4 members (excludes halogenated alkanes) is 1. The minimum Gasteiger partial charge on any atom is -0.460 e. The number of aryl methyl sites for hydroxylation is 1. The molecular formula is C33H36F2N4O5. The highest BCUT2D eigenvalue weighted by Crippen LogP contribution is 2.20. The number of fused-ring (bicyclic) bond motifs is 1. The summed E-state index contributed by atoms with van der Waals surface area (Å²) in [7, 11) is 1.43. The van der Waals surface area contributed by atoms with Crippen LogP contribution in [0.15, 0.2) is 71.5 Å². The van der Waals surface area contributed by atoms with Gasteiger partial charge < -0.3 is 15.3 Å². The minimum atomic E-state index is -0.659. The lowest BCUT2D eigenvalue weighted by atomic mass is 10.1. The highest BCUT2D eigenvalue weighted by Gasteiger charge is 2.20. The predicted octanol–water partition coefficient (Wildman–Crippen LogP) is 5.51. The van der Waals surface area contributed by atoms with E-state index in [4.69, 9.17) is 9.72 Å². The number of amides is 1. The largest absolute Gasteiger partial charge is 0.460 e. The zero-order valence-electron chi connectivity index (χ0n) is 25.1. The first kappa shape index (κ1) is 32.4. The molecule has 0 radical (unpaired) electrons. The maximum Gasteiger partial charge on any atom is 0.306 e. The smallest absolute Gasteiger partial charge is 0.306 e. The van der Waals surface area contributed by atoms with Crippen LogP contribution in [-0.2, 0) is 16.0 Å². The molecule has 9 nitrogen and oxygen atoms in total. The van der Waals surface area contributed by atoms with E-state index in [9.17, 15) is 28.4 Å². The van der Waals surface area contributed by atoms with Crippen LogP contribution in [0.5, 0.6) is 0 Å². The van der Waals surface area contributed by atoms with E-state index in [0.29, 0.717) is 41.9 Å². The SMILES string of the molecule is CN(O)C[C@H](NC(=O)c1ccc2c(=O)n(-c3ccc(F)cc3)c(CCCCC(=O)OC(C)(C)C)nc2c1)c1ccc(F)cc1. The Labute approximate surface area is 254 Å². The van der Waals surface area contributed by atoms with Gasteiger partial charge in [-0.15, -0.1) is 0 Å². The number of nitrogens with one attached hydrogen (secondary N) is 1. The van der Waals surface area contributed by atoms with E-state index in [0.717, 1.165) is 5.06 Å². The summed E-state index contributed by atoms with van der Waals surface area (Å²) in [6.07, 6.45) is 1.55. The topological polar surface area (TPSA) is 114 Å². The Morgan fingerprint density at radius 2 is 1.64 bits per heavy atom. The second-order valence-corrected chi connectivity index (χ2v) is 11.6. The van der Waals surface area contributed by atoms with Crippen molar-refractivity contribution in [1.82, 2.24) is 19.9 Å². The molecule has 0 aliphatic rings. The lowest BCUT2D eigenvalue weighted by Gasteiger charge is -2.22. The van der Waals surface area contributed by atoms with Gasteiger partial charge in [-0.2, -0.15) is 5.06 Å². The van der Waals surface area contributed by atoms with Crippen LogP contribution in [0.25, 0.3) is 16.6 Å². The molecule has 0 saturated carbocycles. The van der Waals surface area contributed by atoms with E-state index in [2.05, 4.69) is 5.32 Å². The first-order valence-corrected chi connectivity index (χ1v) is 14.3. The lowest BCUT2D eigenvalue weighted by Crippen LogP contribution is -2.35. The first-order chi connectivity index (χ1) is 20.8. The van der Waals surface area contributed by atoms with Gasteiger partial charge >= 0.3 is 5.97 Å². The van der Waals surface area contributed by atoms with Gasteiger partial charge in [0.1, 0.15) is 23.1 Å². The summed E-state index contributed by atoms with van der Waals surface area (Å²) in [6.45, 7) is 5.44. The van der Waals surface area contributed by atoms with E-state index in [1.807, 2.05) is 0 Å². The van der Waals surface area contributed by atoms with Gasteiger partial charge in [0.2, 0.25) is 0 Å². The molecule has 44 heavy (non-hydrogen) atoms. The number of hydrogen-bond acceptors (Lipinski definition) is 7. The van der Waals surface area contributed by atoms with Crippen molar-refractivity contribution in [2.24, 2.45) is 0 Å². The summed E-state index contributed by atoms with van der Waals surface area (Å²) in [6, 6.07) is 15.0. The molecule has 4 aromatic rings. The van der Waals surface area contributed by atoms with Crippen LogP contribution >= 0.6 is 0 Å². The van der Waals surface area contributed by atoms with Crippen LogP contribution in [0.3, 0.4) is 0 Å². The van der Waals surface area contributed by atoms with E-state index >= 15 is 0 Å². The molecule has 1 atom stereocenters. The molecule has 3 aromatic carbocycles. The van der Waals surface area contributed by atoms with Crippen LogP contribution in [0.2, 0.25) is 0 Å².